The molecule has 0 aliphatic carbocycles. The Morgan fingerprint density at radius 1 is 1.10 bits per heavy atom. The predicted octanol–water partition coefficient (Wildman–Crippen LogP) is 3.15. The minimum atomic E-state index is -0.598. The van der Waals surface area contributed by atoms with E-state index in [2.05, 4.69) is 5.32 Å². The molecule has 2 atom stereocenters. The highest BCUT2D eigenvalue weighted by Gasteiger charge is 2.42. The van der Waals surface area contributed by atoms with Crippen molar-refractivity contribution < 1.29 is 14.4 Å². The van der Waals surface area contributed by atoms with Crippen molar-refractivity contribution in [3.8, 4) is 0 Å². The molecule has 6 heteroatoms. The number of nitrogens with one attached hydrogen (secondary N) is 1. The van der Waals surface area contributed by atoms with Crippen LogP contribution in [0.1, 0.15) is 30.9 Å². The minimum Gasteiger partial charge on any atom is -0.342 e. The number of rotatable bonds is 4. The fourth-order valence-electron chi connectivity index (χ4n) is 4.37. The number of carbonyl (C=O) groups excluding carboxylic acids is 3. The third-order valence-electron chi connectivity index (χ3n) is 6.05. The van der Waals surface area contributed by atoms with Crippen LogP contribution in [-0.2, 0) is 20.8 Å². The van der Waals surface area contributed by atoms with Crippen molar-refractivity contribution in [1.82, 2.24) is 4.90 Å². The Kier molecular flexibility index (Phi) is 5.57. The van der Waals surface area contributed by atoms with Crippen LogP contribution in [0.5, 0.6) is 0 Å². The molecule has 3 amide bonds. The van der Waals surface area contributed by atoms with Gasteiger partial charge < -0.3 is 10.2 Å². The molecule has 4 rings (SSSR count). The number of nitrogens with zero attached hydrogens (tertiary/aromatic N) is 2. The first-order chi connectivity index (χ1) is 14.5. The summed E-state index contributed by atoms with van der Waals surface area (Å²) < 4.78 is 0. The zero-order valence-corrected chi connectivity index (χ0v) is 17.4. The van der Waals surface area contributed by atoms with Gasteiger partial charge in [-0.15, -0.1) is 0 Å². The summed E-state index contributed by atoms with van der Waals surface area (Å²) in [5, 5.41) is 2.96. The average molecular weight is 405 g/mol. The summed E-state index contributed by atoms with van der Waals surface area (Å²) in [6, 6.07) is 14.8. The molecule has 1 N–H and O–H groups in total. The summed E-state index contributed by atoms with van der Waals surface area (Å²) in [5.74, 6) is -0.756. The number of carbonyl (C=O) groups is 3. The summed E-state index contributed by atoms with van der Waals surface area (Å²) >= 11 is 0. The van der Waals surface area contributed by atoms with E-state index < -0.39 is 12.0 Å². The predicted molar refractivity (Wildman–Crippen MR) is 116 cm³/mol. The molecular formula is C24H27N3O3. The van der Waals surface area contributed by atoms with Gasteiger partial charge in [0.1, 0.15) is 6.04 Å². The fraction of sp³-hybridized carbons (Fsp3) is 0.375. The van der Waals surface area contributed by atoms with Gasteiger partial charge >= 0.3 is 0 Å². The Hall–Kier alpha value is -3.15. The molecule has 1 fully saturated rings. The monoisotopic (exact) mass is 405 g/mol. The van der Waals surface area contributed by atoms with E-state index in [1.165, 1.54) is 0 Å². The van der Waals surface area contributed by atoms with Crippen molar-refractivity contribution >= 4 is 29.1 Å². The average Bonchev–Trinajstić information content (AvgIpc) is 3.14. The SMILES string of the molecule is CCN1CC(C(=O)N2c3ccccc3CCC2C(=O)Nc2ccc(C)cc2)CC1=O. The number of fused-ring (bicyclic) bond motifs is 1. The Morgan fingerprint density at radius 3 is 2.53 bits per heavy atom. The van der Waals surface area contributed by atoms with E-state index in [9.17, 15) is 14.4 Å². The van der Waals surface area contributed by atoms with Gasteiger partial charge in [0.15, 0.2) is 0 Å². The Morgan fingerprint density at radius 2 is 1.83 bits per heavy atom. The number of likely N-dealkylation sites (tertiary alicyclic amines) is 1. The molecule has 0 bridgehead atoms. The summed E-state index contributed by atoms with van der Waals surface area (Å²) in [7, 11) is 0. The van der Waals surface area contributed by atoms with E-state index in [-0.39, 0.29) is 24.1 Å². The number of amides is 3. The van der Waals surface area contributed by atoms with Gasteiger partial charge in [0, 0.05) is 30.9 Å². The first-order valence-corrected chi connectivity index (χ1v) is 10.5. The molecule has 6 nitrogen and oxygen atoms in total. The Labute approximate surface area is 176 Å². The normalized spacial score (nSPS) is 20.8. The number of aryl methyl sites for hydroxylation is 2. The zero-order valence-electron chi connectivity index (χ0n) is 17.4. The van der Waals surface area contributed by atoms with Crippen LogP contribution < -0.4 is 10.2 Å². The van der Waals surface area contributed by atoms with E-state index in [0.29, 0.717) is 25.2 Å². The van der Waals surface area contributed by atoms with E-state index >= 15 is 0 Å². The van der Waals surface area contributed by atoms with Crippen LogP contribution >= 0.6 is 0 Å². The molecule has 0 aromatic heterocycles. The van der Waals surface area contributed by atoms with Crippen molar-refractivity contribution in [2.24, 2.45) is 5.92 Å². The van der Waals surface area contributed by atoms with Crippen molar-refractivity contribution in [3.05, 3.63) is 59.7 Å². The molecule has 2 aromatic rings. The molecule has 156 valence electrons. The molecule has 0 spiro atoms. The van der Waals surface area contributed by atoms with Crippen LogP contribution in [0.15, 0.2) is 48.5 Å². The first kappa shape index (κ1) is 20.1. The largest absolute Gasteiger partial charge is 0.342 e. The van der Waals surface area contributed by atoms with Gasteiger partial charge in [0.2, 0.25) is 17.7 Å². The van der Waals surface area contributed by atoms with Gasteiger partial charge in [-0.05, 0) is 50.5 Å². The maximum absolute atomic E-state index is 13.5. The minimum absolute atomic E-state index is 0.00167. The van der Waals surface area contributed by atoms with Crippen molar-refractivity contribution in [3.63, 3.8) is 0 Å². The molecular weight excluding hydrogens is 378 g/mol. The highest BCUT2D eigenvalue weighted by Crippen LogP contribution is 2.34. The molecule has 1 saturated heterocycles. The molecule has 2 aliphatic rings. The summed E-state index contributed by atoms with van der Waals surface area (Å²) in [5.41, 5.74) is 3.66. The van der Waals surface area contributed by atoms with Gasteiger partial charge in [-0.2, -0.15) is 0 Å². The van der Waals surface area contributed by atoms with E-state index in [0.717, 1.165) is 23.2 Å². The fourth-order valence-corrected chi connectivity index (χ4v) is 4.37. The number of benzene rings is 2. The molecule has 2 aliphatic heterocycles. The summed E-state index contributed by atoms with van der Waals surface area (Å²) in [4.78, 5) is 42.3. The smallest absolute Gasteiger partial charge is 0.247 e. The Bertz CT molecular complexity index is 970. The lowest BCUT2D eigenvalue weighted by Gasteiger charge is -2.37. The highest BCUT2D eigenvalue weighted by molar-refractivity contribution is 6.07. The second-order valence-corrected chi connectivity index (χ2v) is 8.08. The van der Waals surface area contributed by atoms with Crippen molar-refractivity contribution in [2.75, 3.05) is 23.3 Å². The third-order valence-corrected chi connectivity index (χ3v) is 6.05. The van der Waals surface area contributed by atoms with Crippen LogP contribution in [0.4, 0.5) is 11.4 Å². The summed E-state index contributed by atoms with van der Waals surface area (Å²) in [6.07, 6.45) is 1.49. The van der Waals surface area contributed by atoms with E-state index in [4.69, 9.17) is 0 Å². The van der Waals surface area contributed by atoms with E-state index in [1.807, 2.05) is 62.4 Å². The third kappa shape index (κ3) is 3.82. The van der Waals surface area contributed by atoms with Gasteiger partial charge in [-0.1, -0.05) is 35.9 Å². The number of hydrogen-bond donors (Lipinski definition) is 1. The van der Waals surface area contributed by atoms with Crippen molar-refractivity contribution in [1.29, 1.82) is 0 Å². The topological polar surface area (TPSA) is 69.7 Å². The molecule has 2 heterocycles. The molecule has 0 radical (unpaired) electrons. The number of hydrogen-bond acceptors (Lipinski definition) is 3. The van der Waals surface area contributed by atoms with Crippen molar-refractivity contribution in [2.45, 2.75) is 39.2 Å². The van der Waals surface area contributed by atoms with Crippen LogP contribution in [-0.4, -0.2) is 41.8 Å². The lowest BCUT2D eigenvalue weighted by molar-refractivity contribution is -0.128. The van der Waals surface area contributed by atoms with Crippen LogP contribution in [0.3, 0.4) is 0 Å². The van der Waals surface area contributed by atoms with Crippen LogP contribution in [0.25, 0.3) is 0 Å². The number of anilines is 2. The molecule has 30 heavy (non-hydrogen) atoms. The Balaban J connectivity index is 1.62. The van der Waals surface area contributed by atoms with Gasteiger partial charge in [-0.3, -0.25) is 19.3 Å². The number of para-hydroxylation sites is 1. The lowest BCUT2D eigenvalue weighted by atomic mass is 9.93. The maximum atomic E-state index is 13.5. The first-order valence-electron chi connectivity index (χ1n) is 10.5. The highest BCUT2D eigenvalue weighted by atomic mass is 16.2. The van der Waals surface area contributed by atoms with E-state index in [1.54, 1.807) is 9.80 Å². The lowest BCUT2D eigenvalue weighted by Crippen LogP contribution is -2.52. The van der Waals surface area contributed by atoms with Gasteiger partial charge in [0.05, 0.1) is 5.92 Å². The zero-order chi connectivity index (χ0) is 21.3. The second-order valence-electron chi connectivity index (χ2n) is 8.08. The van der Waals surface area contributed by atoms with Crippen LogP contribution in [0, 0.1) is 12.8 Å². The van der Waals surface area contributed by atoms with Gasteiger partial charge in [0.25, 0.3) is 0 Å². The second kappa shape index (κ2) is 8.30. The van der Waals surface area contributed by atoms with Crippen LogP contribution in [0.2, 0.25) is 0 Å². The standard InChI is InChI=1S/C24H27N3O3/c1-3-26-15-18(14-22(26)28)24(30)27-20-7-5-4-6-17(20)10-13-21(27)23(29)25-19-11-8-16(2)9-12-19/h4-9,11-12,18,21H,3,10,13-15H2,1-2H3,(H,25,29). The van der Waals surface area contributed by atoms with Gasteiger partial charge in [-0.25, -0.2) is 0 Å². The molecule has 2 unspecified atom stereocenters. The molecule has 0 saturated carbocycles. The summed E-state index contributed by atoms with van der Waals surface area (Å²) in [6.45, 7) is 4.92. The molecule has 2 aromatic carbocycles. The maximum Gasteiger partial charge on any atom is 0.247 e. The quantitative estimate of drug-likeness (QED) is 0.850.